The number of imidazole rings is 1. The topological polar surface area (TPSA) is 83.8 Å². The van der Waals surface area contributed by atoms with Crippen LogP contribution in [0.3, 0.4) is 0 Å². The van der Waals surface area contributed by atoms with Crippen molar-refractivity contribution in [2.45, 2.75) is 25.7 Å². The van der Waals surface area contributed by atoms with E-state index in [1.54, 1.807) is 49.6 Å². The Morgan fingerprint density at radius 2 is 1.97 bits per heavy atom. The van der Waals surface area contributed by atoms with Gasteiger partial charge in [-0.1, -0.05) is 37.6 Å². The zero-order chi connectivity index (χ0) is 21.9. The van der Waals surface area contributed by atoms with Crippen LogP contribution in [0, 0.1) is 6.92 Å². The number of amides is 1. The predicted octanol–water partition coefficient (Wildman–Crippen LogP) is 3.98. The number of pyridine rings is 1. The molecule has 0 saturated carbocycles. The number of nitrogens with zero attached hydrogens (tertiary/aromatic N) is 3. The number of benzene rings is 1. The minimum absolute atomic E-state index is 0.179. The largest absolute Gasteiger partial charge is 0.322 e. The number of rotatable bonds is 7. The van der Waals surface area contributed by atoms with Crippen LogP contribution in [-0.4, -0.2) is 41.1 Å². The lowest BCUT2D eigenvalue weighted by molar-refractivity contribution is -0.111. The summed E-state index contributed by atoms with van der Waals surface area (Å²) in [5.41, 5.74) is 2.27. The van der Waals surface area contributed by atoms with E-state index in [0.29, 0.717) is 35.7 Å². The fraction of sp³-hybridized carbons (Fsp3) is 0.238. The SMILES string of the molecule is CCN(CC)S(=O)(=O)c1cc(NC(=O)/C=C/c2c(Cl)nc3ccccn23)ccc1C. The van der Waals surface area contributed by atoms with Crippen LogP contribution in [0.15, 0.2) is 53.6 Å². The fourth-order valence-corrected chi connectivity index (χ4v) is 5.08. The summed E-state index contributed by atoms with van der Waals surface area (Å²) >= 11 is 6.17. The van der Waals surface area contributed by atoms with Gasteiger partial charge in [0.2, 0.25) is 15.9 Å². The van der Waals surface area contributed by atoms with E-state index in [4.69, 9.17) is 11.6 Å². The molecule has 0 spiro atoms. The second-order valence-electron chi connectivity index (χ2n) is 6.61. The molecule has 1 N–H and O–H groups in total. The number of hydrogen-bond donors (Lipinski definition) is 1. The van der Waals surface area contributed by atoms with E-state index >= 15 is 0 Å². The van der Waals surface area contributed by atoms with Crippen LogP contribution < -0.4 is 5.32 Å². The first-order chi connectivity index (χ1) is 14.3. The van der Waals surface area contributed by atoms with Crippen molar-refractivity contribution in [2.24, 2.45) is 0 Å². The lowest BCUT2D eigenvalue weighted by Crippen LogP contribution is -2.31. The Hall–Kier alpha value is -2.68. The van der Waals surface area contributed by atoms with Gasteiger partial charge in [0, 0.05) is 31.0 Å². The van der Waals surface area contributed by atoms with E-state index in [-0.39, 0.29) is 10.0 Å². The second kappa shape index (κ2) is 8.99. The number of sulfonamides is 1. The van der Waals surface area contributed by atoms with Crippen molar-refractivity contribution in [3.63, 3.8) is 0 Å². The van der Waals surface area contributed by atoms with Gasteiger partial charge < -0.3 is 5.32 Å². The molecule has 0 bridgehead atoms. The van der Waals surface area contributed by atoms with Crippen molar-refractivity contribution < 1.29 is 13.2 Å². The number of halogens is 1. The molecule has 0 unspecified atom stereocenters. The maximum Gasteiger partial charge on any atom is 0.248 e. The predicted molar refractivity (Wildman–Crippen MR) is 119 cm³/mol. The average molecular weight is 447 g/mol. The van der Waals surface area contributed by atoms with Crippen molar-refractivity contribution in [1.29, 1.82) is 0 Å². The van der Waals surface area contributed by atoms with Crippen LogP contribution in [0.2, 0.25) is 5.15 Å². The molecule has 0 radical (unpaired) electrons. The zero-order valence-corrected chi connectivity index (χ0v) is 18.5. The highest BCUT2D eigenvalue weighted by Crippen LogP contribution is 2.24. The van der Waals surface area contributed by atoms with Gasteiger partial charge in [0.15, 0.2) is 5.15 Å². The summed E-state index contributed by atoms with van der Waals surface area (Å²) in [5.74, 6) is -0.410. The number of anilines is 1. The standard InChI is InChI=1S/C21H23ClN4O3S/c1-4-25(5-2)30(28,29)18-14-16(10-9-15(18)3)23-20(27)12-11-17-21(22)24-19-8-6-7-13-26(17)19/h6-14H,4-5H2,1-3H3,(H,23,27)/b12-11+. The van der Waals surface area contributed by atoms with E-state index in [1.807, 2.05) is 18.2 Å². The van der Waals surface area contributed by atoms with Gasteiger partial charge in [0.25, 0.3) is 0 Å². The van der Waals surface area contributed by atoms with Crippen LogP contribution in [-0.2, 0) is 14.8 Å². The Labute approximate surface area is 181 Å². The summed E-state index contributed by atoms with van der Waals surface area (Å²) in [6.45, 7) is 6.06. The average Bonchev–Trinajstić information content (AvgIpc) is 3.03. The molecule has 0 atom stereocenters. The van der Waals surface area contributed by atoms with Crippen molar-refractivity contribution in [2.75, 3.05) is 18.4 Å². The summed E-state index contributed by atoms with van der Waals surface area (Å²) in [7, 11) is -3.63. The Morgan fingerprint density at radius 3 is 2.67 bits per heavy atom. The van der Waals surface area contributed by atoms with Crippen LogP contribution in [0.1, 0.15) is 25.1 Å². The van der Waals surface area contributed by atoms with Crippen molar-refractivity contribution in [1.82, 2.24) is 13.7 Å². The first-order valence-electron chi connectivity index (χ1n) is 9.50. The molecule has 0 saturated heterocycles. The van der Waals surface area contributed by atoms with Crippen molar-refractivity contribution >= 4 is 44.9 Å². The third-order valence-electron chi connectivity index (χ3n) is 4.69. The highest BCUT2D eigenvalue weighted by molar-refractivity contribution is 7.89. The molecule has 158 valence electrons. The molecule has 1 amide bonds. The molecule has 3 aromatic rings. The molecular weight excluding hydrogens is 424 g/mol. The van der Waals surface area contributed by atoms with Gasteiger partial charge >= 0.3 is 0 Å². The number of fused-ring (bicyclic) bond motifs is 1. The van der Waals surface area contributed by atoms with Gasteiger partial charge in [-0.3, -0.25) is 9.20 Å². The molecule has 2 aromatic heterocycles. The van der Waals surface area contributed by atoms with Gasteiger partial charge in [0.1, 0.15) is 5.65 Å². The van der Waals surface area contributed by atoms with Gasteiger partial charge in [0.05, 0.1) is 10.6 Å². The molecule has 0 aliphatic heterocycles. The lowest BCUT2D eigenvalue weighted by Gasteiger charge is -2.20. The monoisotopic (exact) mass is 446 g/mol. The summed E-state index contributed by atoms with van der Waals surface area (Å²) in [6.07, 6.45) is 4.70. The second-order valence-corrected chi connectivity index (χ2v) is 8.87. The molecule has 9 heteroatoms. The van der Waals surface area contributed by atoms with Crippen LogP contribution in [0.5, 0.6) is 0 Å². The van der Waals surface area contributed by atoms with Gasteiger partial charge in [-0.25, -0.2) is 13.4 Å². The summed E-state index contributed by atoms with van der Waals surface area (Å²) in [6, 6.07) is 10.3. The first-order valence-corrected chi connectivity index (χ1v) is 11.3. The number of nitrogens with one attached hydrogen (secondary N) is 1. The minimum Gasteiger partial charge on any atom is -0.322 e. The number of aromatic nitrogens is 2. The minimum atomic E-state index is -3.63. The zero-order valence-electron chi connectivity index (χ0n) is 17.0. The molecular formula is C21H23ClN4O3S. The van der Waals surface area contributed by atoms with E-state index in [9.17, 15) is 13.2 Å². The first kappa shape index (κ1) is 22.0. The van der Waals surface area contributed by atoms with Gasteiger partial charge in [-0.05, 0) is 42.8 Å². The smallest absolute Gasteiger partial charge is 0.248 e. The Balaban J connectivity index is 1.84. The molecule has 0 fully saturated rings. The Morgan fingerprint density at radius 1 is 1.23 bits per heavy atom. The van der Waals surface area contributed by atoms with E-state index in [2.05, 4.69) is 10.3 Å². The van der Waals surface area contributed by atoms with Crippen molar-refractivity contribution in [3.8, 4) is 0 Å². The Kier molecular flexibility index (Phi) is 6.60. The third kappa shape index (κ3) is 4.40. The maximum absolute atomic E-state index is 12.9. The maximum atomic E-state index is 12.9. The highest BCUT2D eigenvalue weighted by atomic mass is 35.5. The summed E-state index contributed by atoms with van der Waals surface area (Å²) in [5, 5.41) is 2.99. The molecule has 0 aliphatic rings. The van der Waals surface area contributed by atoms with E-state index in [0.717, 1.165) is 0 Å². The molecule has 0 aliphatic carbocycles. The molecule has 7 nitrogen and oxygen atoms in total. The van der Waals surface area contributed by atoms with E-state index < -0.39 is 15.9 Å². The Bertz CT molecular complexity index is 1210. The molecule has 3 rings (SSSR count). The number of carbonyl (C=O) groups excluding carboxylic acids is 1. The fourth-order valence-electron chi connectivity index (χ4n) is 3.13. The summed E-state index contributed by atoms with van der Waals surface area (Å²) in [4.78, 5) is 16.8. The quantitative estimate of drug-likeness (QED) is 0.556. The van der Waals surface area contributed by atoms with Gasteiger partial charge in [-0.15, -0.1) is 0 Å². The highest BCUT2D eigenvalue weighted by Gasteiger charge is 2.24. The van der Waals surface area contributed by atoms with Crippen molar-refractivity contribution in [3.05, 3.63) is 65.1 Å². The summed E-state index contributed by atoms with van der Waals surface area (Å²) < 4.78 is 28.9. The number of hydrogen-bond acceptors (Lipinski definition) is 4. The molecule has 2 heterocycles. The van der Waals surface area contributed by atoms with E-state index in [1.165, 1.54) is 16.4 Å². The van der Waals surface area contributed by atoms with Crippen LogP contribution in [0.4, 0.5) is 5.69 Å². The lowest BCUT2D eigenvalue weighted by atomic mass is 10.2. The van der Waals surface area contributed by atoms with Gasteiger partial charge in [-0.2, -0.15) is 4.31 Å². The van der Waals surface area contributed by atoms with Crippen LogP contribution in [0.25, 0.3) is 11.7 Å². The molecule has 1 aromatic carbocycles. The normalized spacial score (nSPS) is 12.2. The van der Waals surface area contributed by atoms with Crippen LogP contribution >= 0.6 is 11.6 Å². The number of carbonyl (C=O) groups is 1. The third-order valence-corrected chi connectivity index (χ3v) is 7.16. The number of aryl methyl sites for hydroxylation is 1. The molecule has 30 heavy (non-hydrogen) atoms.